The van der Waals surface area contributed by atoms with Crippen LogP contribution in [-0.4, -0.2) is 29.3 Å². The minimum Gasteiger partial charge on any atom is -0.388 e. The molecule has 0 radical (unpaired) electrons. The van der Waals surface area contributed by atoms with Crippen molar-refractivity contribution in [3.05, 3.63) is 34.9 Å². The molecule has 1 atom stereocenters. The van der Waals surface area contributed by atoms with Gasteiger partial charge in [-0.15, -0.1) is 0 Å². The van der Waals surface area contributed by atoms with Crippen LogP contribution in [0.25, 0.3) is 0 Å². The van der Waals surface area contributed by atoms with Crippen LogP contribution in [0, 0.1) is 13.8 Å². The van der Waals surface area contributed by atoms with E-state index in [9.17, 15) is 5.11 Å². The molecule has 0 bridgehead atoms. The number of nitrogens with one attached hydrogen (secondary N) is 1. The van der Waals surface area contributed by atoms with Crippen molar-refractivity contribution < 1.29 is 5.11 Å². The maximum atomic E-state index is 10.0. The van der Waals surface area contributed by atoms with Crippen molar-refractivity contribution in [1.82, 2.24) is 5.32 Å². The largest absolute Gasteiger partial charge is 0.388 e. The third-order valence-electron chi connectivity index (χ3n) is 2.86. The maximum absolute atomic E-state index is 10.0. The molecule has 1 unspecified atom stereocenters. The van der Waals surface area contributed by atoms with Crippen LogP contribution >= 0.6 is 11.8 Å². The molecule has 2 N–H and O–H groups in total. The Labute approximate surface area is 109 Å². The molecule has 0 fully saturated rings. The second kappa shape index (κ2) is 6.43. The van der Waals surface area contributed by atoms with E-state index in [1.165, 1.54) is 16.7 Å². The zero-order chi connectivity index (χ0) is 12.9. The van der Waals surface area contributed by atoms with Gasteiger partial charge in [0.25, 0.3) is 0 Å². The molecule has 0 spiro atoms. The van der Waals surface area contributed by atoms with Crippen LogP contribution in [0.4, 0.5) is 0 Å². The summed E-state index contributed by atoms with van der Waals surface area (Å²) in [7, 11) is 0. The van der Waals surface area contributed by atoms with Crippen LogP contribution in [-0.2, 0) is 6.54 Å². The zero-order valence-electron chi connectivity index (χ0n) is 11.2. The number of aliphatic hydroxyl groups is 1. The molecule has 0 aromatic heterocycles. The van der Waals surface area contributed by atoms with Gasteiger partial charge in [0.05, 0.1) is 5.60 Å². The summed E-state index contributed by atoms with van der Waals surface area (Å²) in [5, 5.41) is 13.3. The van der Waals surface area contributed by atoms with Crippen molar-refractivity contribution in [2.24, 2.45) is 0 Å². The van der Waals surface area contributed by atoms with Crippen LogP contribution in [0.2, 0.25) is 0 Å². The summed E-state index contributed by atoms with van der Waals surface area (Å²) >= 11 is 1.67. The molecular formula is C14H23NOS. The molecule has 1 aromatic rings. The van der Waals surface area contributed by atoms with Gasteiger partial charge in [0.15, 0.2) is 0 Å². The minimum atomic E-state index is -0.626. The number of rotatable bonds is 6. The van der Waals surface area contributed by atoms with Gasteiger partial charge >= 0.3 is 0 Å². The molecule has 1 rings (SSSR count). The lowest BCUT2D eigenvalue weighted by molar-refractivity contribution is 0.0846. The molecule has 0 aliphatic rings. The highest BCUT2D eigenvalue weighted by Crippen LogP contribution is 2.11. The molecule has 0 saturated heterocycles. The fraction of sp³-hybridized carbons (Fsp3) is 0.571. The fourth-order valence-corrected chi connectivity index (χ4v) is 2.48. The molecule has 0 amide bonds. The number of benzene rings is 1. The molecule has 1 aromatic carbocycles. The standard InChI is InChI=1S/C14H23NOS/c1-11-5-6-13(7-12(11)2)8-15-9-14(3,16)10-17-4/h5-7,15-16H,8-10H2,1-4H3. The van der Waals surface area contributed by atoms with Crippen molar-refractivity contribution in [3.63, 3.8) is 0 Å². The summed E-state index contributed by atoms with van der Waals surface area (Å²) in [6.45, 7) is 7.56. The van der Waals surface area contributed by atoms with Gasteiger partial charge in [-0.1, -0.05) is 18.2 Å². The zero-order valence-corrected chi connectivity index (χ0v) is 12.0. The Morgan fingerprint density at radius 1 is 1.29 bits per heavy atom. The Kier molecular flexibility index (Phi) is 5.50. The first-order valence-electron chi connectivity index (χ1n) is 5.93. The molecule has 0 aliphatic heterocycles. The normalized spacial score (nSPS) is 14.6. The molecule has 0 aliphatic carbocycles. The Bertz CT molecular complexity index is 363. The van der Waals surface area contributed by atoms with Gasteiger partial charge in [0, 0.05) is 18.8 Å². The number of hydrogen-bond donors (Lipinski definition) is 2. The number of thioether (sulfide) groups is 1. The summed E-state index contributed by atoms with van der Waals surface area (Å²) in [6, 6.07) is 6.48. The Balaban J connectivity index is 2.43. The van der Waals surface area contributed by atoms with E-state index < -0.39 is 5.60 Å². The lowest BCUT2D eigenvalue weighted by Gasteiger charge is -2.22. The van der Waals surface area contributed by atoms with Crippen molar-refractivity contribution >= 4 is 11.8 Å². The third kappa shape index (κ3) is 5.11. The Hall–Kier alpha value is -0.510. The summed E-state index contributed by atoms with van der Waals surface area (Å²) in [6.07, 6.45) is 2.01. The van der Waals surface area contributed by atoms with Gasteiger partial charge in [0.1, 0.15) is 0 Å². The van der Waals surface area contributed by atoms with Crippen LogP contribution in [0.5, 0.6) is 0 Å². The van der Waals surface area contributed by atoms with Crippen molar-refractivity contribution in [1.29, 1.82) is 0 Å². The molecule has 0 heterocycles. The molecule has 96 valence electrons. The Morgan fingerprint density at radius 3 is 2.59 bits per heavy atom. The van der Waals surface area contributed by atoms with Gasteiger partial charge < -0.3 is 10.4 Å². The third-order valence-corrected chi connectivity index (χ3v) is 3.77. The van der Waals surface area contributed by atoms with Crippen molar-refractivity contribution in [2.45, 2.75) is 32.9 Å². The average molecular weight is 253 g/mol. The predicted molar refractivity (Wildman–Crippen MR) is 76.6 cm³/mol. The lowest BCUT2D eigenvalue weighted by atomic mass is 10.1. The lowest BCUT2D eigenvalue weighted by Crippen LogP contribution is -2.39. The first-order chi connectivity index (χ1) is 7.94. The highest BCUT2D eigenvalue weighted by atomic mass is 32.2. The van der Waals surface area contributed by atoms with Gasteiger partial charge in [0.2, 0.25) is 0 Å². The quantitative estimate of drug-likeness (QED) is 0.817. The average Bonchev–Trinajstić information content (AvgIpc) is 2.23. The van der Waals surface area contributed by atoms with E-state index in [1.807, 2.05) is 13.2 Å². The summed E-state index contributed by atoms with van der Waals surface area (Å²) in [4.78, 5) is 0. The van der Waals surface area contributed by atoms with E-state index in [1.54, 1.807) is 11.8 Å². The van der Waals surface area contributed by atoms with E-state index in [4.69, 9.17) is 0 Å². The minimum absolute atomic E-state index is 0.626. The Morgan fingerprint density at radius 2 is 2.00 bits per heavy atom. The number of aryl methyl sites for hydroxylation is 2. The van der Waals surface area contributed by atoms with E-state index in [0.717, 1.165) is 12.3 Å². The summed E-state index contributed by atoms with van der Waals surface area (Å²) in [5.74, 6) is 0.757. The van der Waals surface area contributed by atoms with E-state index in [-0.39, 0.29) is 0 Å². The van der Waals surface area contributed by atoms with Gasteiger partial charge in [-0.3, -0.25) is 0 Å². The molecular weight excluding hydrogens is 230 g/mol. The highest BCUT2D eigenvalue weighted by Gasteiger charge is 2.18. The smallest absolute Gasteiger partial charge is 0.0833 e. The molecule has 2 nitrogen and oxygen atoms in total. The van der Waals surface area contributed by atoms with Gasteiger partial charge in [-0.05, 0) is 43.7 Å². The van der Waals surface area contributed by atoms with Crippen LogP contribution in [0.1, 0.15) is 23.6 Å². The fourth-order valence-electron chi connectivity index (χ4n) is 1.75. The summed E-state index contributed by atoms with van der Waals surface area (Å²) < 4.78 is 0. The van der Waals surface area contributed by atoms with Crippen molar-refractivity contribution in [3.8, 4) is 0 Å². The van der Waals surface area contributed by atoms with E-state index in [2.05, 4.69) is 37.4 Å². The molecule has 3 heteroatoms. The predicted octanol–water partition coefficient (Wildman–Crippen LogP) is 2.51. The van der Waals surface area contributed by atoms with E-state index in [0.29, 0.717) is 6.54 Å². The second-order valence-corrected chi connectivity index (χ2v) is 5.82. The van der Waals surface area contributed by atoms with Gasteiger partial charge in [-0.2, -0.15) is 11.8 Å². The number of hydrogen-bond acceptors (Lipinski definition) is 3. The first kappa shape index (κ1) is 14.6. The summed E-state index contributed by atoms with van der Waals surface area (Å²) in [5.41, 5.74) is 3.29. The van der Waals surface area contributed by atoms with Crippen LogP contribution < -0.4 is 5.32 Å². The molecule has 0 saturated carbocycles. The SMILES string of the molecule is CSCC(C)(O)CNCc1ccc(C)c(C)c1. The topological polar surface area (TPSA) is 32.3 Å². The molecule has 17 heavy (non-hydrogen) atoms. The van der Waals surface area contributed by atoms with Crippen LogP contribution in [0.3, 0.4) is 0 Å². The maximum Gasteiger partial charge on any atom is 0.0833 e. The highest BCUT2D eigenvalue weighted by molar-refractivity contribution is 7.98. The second-order valence-electron chi connectivity index (χ2n) is 4.95. The van der Waals surface area contributed by atoms with Crippen molar-refractivity contribution in [2.75, 3.05) is 18.6 Å². The first-order valence-corrected chi connectivity index (χ1v) is 7.32. The van der Waals surface area contributed by atoms with E-state index >= 15 is 0 Å². The van der Waals surface area contributed by atoms with Gasteiger partial charge in [-0.25, -0.2) is 0 Å². The van der Waals surface area contributed by atoms with Crippen LogP contribution in [0.15, 0.2) is 18.2 Å². The monoisotopic (exact) mass is 253 g/mol.